The Balaban J connectivity index is 2.08. The molecule has 2 heterocycles. The van der Waals surface area contributed by atoms with Gasteiger partial charge in [0.2, 0.25) is 0 Å². The highest BCUT2D eigenvalue weighted by Crippen LogP contribution is 2.04. The van der Waals surface area contributed by atoms with Crippen LogP contribution in [0.3, 0.4) is 0 Å². The van der Waals surface area contributed by atoms with Gasteiger partial charge in [-0.1, -0.05) is 0 Å². The summed E-state index contributed by atoms with van der Waals surface area (Å²) in [7, 11) is 0. The number of nitrogens with one attached hydrogen (secondary N) is 1. The van der Waals surface area contributed by atoms with Crippen LogP contribution >= 0.6 is 0 Å². The van der Waals surface area contributed by atoms with Crippen LogP contribution in [0.1, 0.15) is 18.3 Å². The van der Waals surface area contributed by atoms with E-state index in [0.29, 0.717) is 6.54 Å². The second-order valence-corrected chi connectivity index (χ2v) is 3.55. The van der Waals surface area contributed by atoms with Gasteiger partial charge in [0.25, 0.3) is 0 Å². The molecule has 5 heteroatoms. The third-order valence-electron chi connectivity index (χ3n) is 2.30. The highest BCUT2D eigenvalue weighted by Gasteiger charge is 2.01. The molecule has 84 valence electrons. The predicted molar refractivity (Wildman–Crippen MR) is 62.3 cm³/mol. The summed E-state index contributed by atoms with van der Waals surface area (Å²) in [6.45, 7) is 5.57. The molecule has 0 saturated heterocycles. The Morgan fingerprint density at radius 2 is 2.19 bits per heavy atom. The smallest absolute Gasteiger partial charge is 0.144 e. The predicted octanol–water partition coefficient (Wildman–Crippen LogP) is 1.46. The highest BCUT2D eigenvalue weighted by molar-refractivity contribution is 5.30. The topological polar surface area (TPSA) is 55.6 Å². The molecule has 1 N–H and O–H groups in total. The number of aryl methyl sites for hydroxylation is 1. The molecular formula is C11H15N5. The Labute approximate surface area is 94.5 Å². The van der Waals surface area contributed by atoms with Crippen LogP contribution in [0.5, 0.6) is 0 Å². The largest absolute Gasteiger partial charge is 0.369 e. The maximum atomic E-state index is 4.33. The molecule has 0 aliphatic rings. The average Bonchev–Trinajstić information content (AvgIpc) is 2.68. The van der Waals surface area contributed by atoms with E-state index in [2.05, 4.69) is 20.4 Å². The molecule has 0 unspecified atom stereocenters. The standard InChI is InChI=1S/C11H15N5/c1-3-12-11-7-13-10(6-14-11)8-16-9(2)4-5-15-16/h4-7H,3,8H2,1-2H3,(H,12,14). The monoisotopic (exact) mass is 217 g/mol. The third kappa shape index (κ3) is 2.36. The summed E-state index contributed by atoms with van der Waals surface area (Å²) in [4.78, 5) is 8.59. The van der Waals surface area contributed by atoms with E-state index in [1.54, 1.807) is 18.6 Å². The lowest BCUT2D eigenvalue weighted by molar-refractivity contribution is 0.650. The first kappa shape index (κ1) is 10.6. The summed E-state index contributed by atoms with van der Waals surface area (Å²) in [5.74, 6) is 0.809. The van der Waals surface area contributed by atoms with E-state index >= 15 is 0 Å². The number of hydrogen-bond acceptors (Lipinski definition) is 4. The van der Waals surface area contributed by atoms with Crippen molar-refractivity contribution in [1.29, 1.82) is 0 Å². The van der Waals surface area contributed by atoms with Crippen LogP contribution in [0.2, 0.25) is 0 Å². The molecule has 0 aliphatic heterocycles. The van der Waals surface area contributed by atoms with E-state index in [4.69, 9.17) is 0 Å². The summed E-state index contributed by atoms with van der Waals surface area (Å²) in [6.07, 6.45) is 5.31. The van der Waals surface area contributed by atoms with Gasteiger partial charge in [-0.3, -0.25) is 9.67 Å². The minimum Gasteiger partial charge on any atom is -0.369 e. The molecule has 2 aromatic rings. The molecule has 2 rings (SSSR count). The zero-order valence-electron chi connectivity index (χ0n) is 9.51. The molecule has 0 radical (unpaired) electrons. The Hall–Kier alpha value is -1.91. The number of aromatic nitrogens is 4. The van der Waals surface area contributed by atoms with Gasteiger partial charge in [-0.15, -0.1) is 0 Å². The second-order valence-electron chi connectivity index (χ2n) is 3.55. The molecule has 0 fully saturated rings. The molecule has 0 spiro atoms. The fraction of sp³-hybridized carbons (Fsp3) is 0.364. The lowest BCUT2D eigenvalue weighted by Crippen LogP contribution is -2.07. The maximum Gasteiger partial charge on any atom is 0.144 e. The van der Waals surface area contributed by atoms with E-state index in [1.165, 1.54) is 0 Å². The summed E-state index contributed by atoms with van der Waals surface area (Å²) in [6, 6.07) is 1.97. The van der Waals surface area contributed by atoms with Crippen molar-refractivity contribution in [2.45, 2.75) is 20.4 Å². The lowest BCUT2D eigenvalue weighted by atomic mass is 10.4. The fourth-order valence-corrected chi connectivity index (χ4v) is 1.43. The van der Waals surface area contributed by atoms with Gasteiger partial charge in [0, 0.05) is 18.4 Å². The van der Waals surface area contributed by atoms with Crippen molar-refractivity contribution in [3.05, 3.63) is 36.0 Å². The SMILES string of the molecule is CCNc1cnc(Cn2nccc2C)cn1. The summed E-state index contributed by atoms with van der Waals surface area (Å²) >= 11 is 0. The van der Waals surface area contributed by atoms with Gasteiger partial charge >= 0.3 is 0 Å². The van der Waals surface area contributed by atoms with Gasteiger partial charge in [-0.05, 0) is 19.9 Å². The number of anilines is 1. The Bertz CT molecular complexity index is 446. The number of hydrogen-bond donors (Lipinski definition) is 1. The zero-order valence-corrected chi connectivity index (χ0v) is 9.51. The lowest BCUT2D eigenvalue weighted by Gasteiger charge is -2.05. The van der Waals surface area contributed by atoms with E-state index in [9.17, 15) is 0 Å². The Kier molecular flexibility index (Phi) is 3.14. The quantitative estimate of drug-likeness (QED) is 0.842. The first-order chi connectivity index (χ1) is 7.79. The summed E-state index contributed by atoms with van der Waals surface area (Å²) in [5.41, 5.74) is 2.03. The first-order valence-electron chi connectivity index (χ1n) is 5.33. The average molecular weight is 217 g/mol. The van der Waals surface area contributed by atoms with Crippen LogP contribution in [0.15, 0.2) is 24.7 Å². The van der Waals surface area contributed by atoms with Crippen molar-refractivity contribution < 1.29 is 0 Å². The molecular weight excluding hydrogens is 202 g/mol. The van der Waals surface area contributed by atoms with Gasteiger partial charge in [0.15, 0.2) is 0 Å². The van der Waals surface area contributed by atoms with Crippen LogP contribution in [-0.2, 0) is 6.54 Å². The van der Waals surface area contributed by atoms with Crippen molar-refractivity contribution in [2.24, 2.45) is 0 Å². The molecule has 5 nitrogen and oxygen atoms in total. The molecule has 0 aliphatic carbocycles. The molecule has 0 saturated carbocycles. The van der Waals surface area contributed by atoms with Crippen LogP contribution in [0, 0.1) is 6.92 Å². The molecule has 0 bridgehead atoms. The van der Waals surface area contributed by atoms with E-state index < -0.39 is 0 Å². The van der Waals surface area contributed by atoms with Gasteiger partial charge in [0.1, 0.15) is 5.82 Å². The Morgan fingerprint density at radius 1 is 1.31 bits per heavy atom. The third-order valence-corrected chi connectivity index (χ3v) is 2.30. The van der Waals surface area contributed by atoms with Crippen LogP contribution in [0.25, 0.3) is 0 Å². The van der Waals surface area contributed by atoms with Gasteiger partial charge in [-0.25, -0.2) is 4.98 Å². The van der Waals surface area contributed by atoms with E-state index in [1.807, 2.05) is 24.6 Å². The highest BCUT2D eigenvalue weighted by atomic mass is 15.3. The molecule has 0 aromatic carbocycles. The fourth-order valence-electron chi connectivity index (χ4n) is 1.43. The molecule has 0 atom stereocenters. The van der Waals surface area contributed by atoms with Gasteiger partial charge < -0.3 is 5.32 Å². The maximum absolute atomic E-state index is 4.33. The minimum absolute atomic E-state index is 0.665. The van der Waals surface area contributed by atoms with Gasteiger partial charge in [0.05, 0.1) is 24.6 Å². The number of rotatable bonds is 4. The second kappa shape index (κ2) is 4.74. The minimum atomic E-state index is 0.665. The van der Waals surface area contributed by atoms with E-state index in [-0.39, 0.29) is 0 Å². The molecule has 0 amide bonds. The first-order valence-corrected chi connectivity index (χ1v) is 5.33. The Morgan fingerprint density at radius 3 is 2.75 bits per heavy atom. The van der Waals surface area contributed by atoms with Crippen molar-refractivity contribution in [2.75, 3.05) is 11.9 Å². The zero-order chi connectivity index (χ0) is 11.4. The van der Waals surface area contributed by atoms with Crippen LogP contribution in [0.4, 0.5) is 5.82 Å². The normalized spacial score (nSPS) is 10.4. The molecule has 16 heavy (non-hydrogen) atoms. The van der Waals surface area contributed by atoms with Crippen LogP contribution in [-0.4, -0.2) is 26.3 Å². The van der Waals surface area contributed by atoms with Crippen LogP contribution < -0.4 is 5.32 Å². The van der Waals surface area contributed by atoms with Gasteiger partial charge in [-0.2, -0.15) is 5.10 Å². The number of nitrogens with zero attached hydrogens (tertiary/aromatic N) is 4. The van der Waals surface area contributed by atoms with Crippen molar-refractivity contribution in [1.82, 2.24) is 19.7 Å². The van der Waals surface area contributed by atoms with Crippen molar-refractivity contribution in [3.8, 4) is 0 Å². The summed E-state index contributed by atoms with van der Waals surface area (Å²) < 4.78 is 1.90. The van der Waals surface area contributed by atoms with E-state index in [0.717, 1.165) is 23.8 Å². The van der Waals surface area contributed by atoms with Crippen molar-refractivity contribution >= 4 is 5.82 Å². The summed E-state index contributed by atoms with van der Waals surface area (Å²) in [5, 5.41) is 7.31. The van der Waals surface area contributed by atoms with Crippen molar-refractivity contribution in [3.63, 3.8) is 0 Å². The molecule has 2 aromatic heterocycles.